The van der Waals surface area contributed by atoms with Crippen LogP contribution in [0.3, 0.4) is 0 Å². The summed E-state index contributed by atoms with van der Waals surface area (Å²) in [5.41, 5.74) is 2.09. The lowest BCUT2D eigenvalue weighted by atomic mass is 10.1. The van der Waals surface area contributed by atoms with E-state index in [1.165, 1.54) is 0 Å². The normalized spacial score (nSPS) is 17.1. The number of likely N-dealkylation sites (tertiary alicyclic amines) is 1. The van der Waals surface area contributed by atoms with Crippen molar-refractivity contribution < 1.29 is 9.59 Å². The summed E-state index contributed by atoms with van der Waals surface area (Å²) in [7, 11) is 0. The third-order valence-corrected chi connectivity index (χ3v) is 4.48. The molecule has 0 unspecified atom stereocenters. The molecule has 2 amide bonds. The van der Waals surface area contributed by atoms with E-state index in [1.54, 1.807) is 4.90 Å². The highest BCUT2D eigenvalue weighted by Gasteiger charge is 2.34. The van der Waals surface area contributed by atoms with Gasteiger partial charge in [-0.25, -0.2) is 0 Å². The second-order valence-corrected chi connectivity index (χ2v) is 6.53. The molecule has 6 heteroatoms. The number of carbonyl (C=O) groups excluding carboxylic acids is 2. The fourth-order valence-corrected chi connectivity index (χ4v) is 3.05. The highest BCUT2D eigenvalue weighted by atomic mass is 16.2. The van der Waals surface area contributed by atoms with Gasteiger partial charge >= 0.3 is 0 Å². The van der Waals surface area contributed by atoms with Crippen molar-refractivity contribution in [2.75, 3.05) is 11.9 Å². The number of nitrogens with zero attached hydrogens (tertiary/aromatic N) is 2. The zero-order valence-corrected chi connectivity index (χ0v) is 14.5. The average Bonchev–Trinajstić information content (AvgIpc) is 3.21. The molecule has 1 aromatic heterocycles. The van der Waals surface area contributed by atoms with Gasteiger partial charge in [-0.05, 0) is 18.4 Å². The lowest BCUT2D eigenvalue weighted by Gasteiger charge is -2.16. The van der Waals surface area contributed by atoms with Crippen LogP contribution in [0.1, 0.15) is 37.4 Å². The van der Waals surface area contributed by atoms with Crippen LogP contribution < -0.4 is 5.32 Å². The number of aryl methyl sites for hydroxylation is 1. The van der Waals surface area contributed by atoms with Crippen molar-refractivity contribution in [3.8, 4) is 0 Å². The molecule has 1 atom stereocenters. The minimum Gasteiger partial charge on any atom is -0.338 e. The number of nitrogens with one attached hydrogen (secondary N) is 2. The fraction of sp³-hybridized carbons (Fsp3) is 0.421. The van der Waals surface area contributed by atoms with Gasteiger partial charge in [0.25, 0.3) is 0 Å². The molecule has 1 aliphatic rings. The monoisotopic (exact) mass is 340 g/mol. The first-order valence-electron chi connectivity index (χ1n) is 8.82. The van der Waals surface area contributed by atoms with Gasteiger partial charge in [0.1, 0.15) is 0 Å². The molecule has 132 valence electrons. The van der Waals surface area contributed by atoms with Crippen LogP contribution in [0.4, 0.5) is 5.82 Å². The number of carbonyl (C=O) groups is 2. The van der Waals surface area contributed by atoms with Gasteiger partial charge in [0.2, 0.25) is 11.8 Å². The second-order valence-electron chi connectivity index (χ2n) is 6.53. The Balaban J connectivity index is 1.54. The fourth-order valence-electron chi connectivity index (χ4n) is 3.05. The maximum Gasteiger partial charge on any atom is 0.230 e. The van der Waals surface area contributed by atoms with E-state index < -0.39 is 0 Å². The van der Waals surface area contributed by atoms with Crippen molar-refractivity contribution >= 4 is 17.6 Å². The Labute approximate surface area is 147 Å². The quantitative estimate of drug-likeness (QED) is 0.813. The summed E-state index contributed by atoms with van der Waals surface area (Å²) in [5, 5.41) is 9.90. The Morgan fingerprint density at radius 2 is 2.16 bits per heavy atom. The van der Waals surface area contributed by atoms with Gasteiger partial charge in [-0.2, -0.15) is 5.10 Å². The van der Waals surface area contributed by atoms with Crippen LogP contribution >= 0.6 is 0 Å². The zero-order chi connectivity index (χ0) is 17.6. The summed E-state index contributed by atoms with van der Waals surface area (Å²) in [6, 6.07) is 11.7. The Morgan fingerprint density at radius 1 is 1.36 bits per heavy atom. The van der Waals surface area contributed by atoms with Crippen molar-refractivity contribution in [3.05, 3.63) is 47.7 Å². The molecule has 6 nitrogen and oxygen atoms in total. The van der Waals surface area contributed by atoms with Crippen LogP contribution in [-0.2, 0) is 22.6 Å². The standard InChI is InChI=1S/C19H24N4O2/c1-2-3-9-16-11-17(22-21-16)20-19(25)15-10-18(24)23(13-15)12-14-7-5-4-6-8-14/h4-8,11,15H,2-3,9-10,12-13H2,1H3,(H2,20,21,22,25)/t15-/m0/s1. The number of unbranched alkanes of at least 4 members (excludes halogenated alkanes) is 1. The SMILES string of the molecule is CCCCc1cc(NC(=O)[C@H]2CC(=O)N(Cc3ccccc3)C2)n[nH]1. The lowest BCUT2D eigenvalue weighted by Crippen LogP contribution is -2.28. The van der Waals surface area contributed by atoms with E-state index in [9.17, 15) is 9.59 Å². The molecule has 0 spiro atoms. The summed E-state index contributed by atoms with van der Waals surface area (Å²) in [4.78, 5) is 26.4. The molecule has 25 heavy (non-hydrogen) atoms. The molecule has 1 aromatic carbocycles. The molecule has 2 N–H and O–H groups in total. The van der Waals surface area contributed by atoms with Crippen LogP contribution in [0.5, 0.6) is 0 Å². The summed E-state index contributed by atoms with van der Waals surface area (Å²) >= 11 is 0. The molecule has 3 rings (SSSR count). The smallest absolute Gasteiger partial charge is 0.230 e. The molecule has 2 aromatic rings. The number of aromatic amines is 1. The minimum absolute atomic E-state index is 0.0228. The molecule has 1 fully saturated rings. The summed E-state index contributed by atoms with van der Waals surface area (Å²) in [6.45, 7) is 3.14. The van der Waals surface area contributed by atoms with E-state index in [4.69, 9.17) is 0 Å². The van der Waals surface area contributed by atoms with Crippen molar-refractivity contribution in [1.82, 2.24) is 15.1 Å². The number of anilines is 1. The maximum atomic E-state index is 12.4. The van der Waals surface area contributed by atoms with Crippen molar-refractivity contribution in [1.29, 1.82) is 0 Å². The van der Waals surface area contributed by atoms with E-state index in [-0.39, 0.29) is 24.2 Å². The third-order valence-electron chi connectivity index (χ3n) is 4.48. The van der Waals surface area contributed by atoms with Gasteiger partial charge < -0.3 is 10.2 Å². The Morgan fingerprint density at radius 3 is 2.92 bits per heavy atom. The van der Waals surface area contributed by atoms with Gasteiger partial charge in [-0.15, -0.1) is 0 Å². The third kappa shape index (κ3) is 4.47. The first-order chi connectivity index (χ1) is 12.2. The van der Waals surface area contributed by atoms with Gasteiger partial charge in [0.05, 0.1) is 5.92 Å². The van der Waals surface area contributed by atoms with Crippen molar-refractivity contribution in [3.63, 3.8) is 0 Å². The van der Waals surface area contributed by atoms with E-state index in [0.29, 0.717) is 18.9 Å². The van der Waals surface area contributed by atoms with Crippen molar-refractivity contribution in [2.45, 2.75) is 39.2 Å². The van der Waals surface area contributed by atoms with Crippen LogP contribution in [0.25, 0.3) is 0 Å². The lowest BCUT2D eigenvalue weighted by molar-refractivity contribution is -0.128. The molecule has 2 heterocycles. The second kappa shape index (κ2) is 7.96. The number of rotatable bonds is 7. The van der Waals surface area contributed by atoms with E-state index in [2.05, 4.69) is 22.4 Å². The Kier molecular flexibility index (Phi) is 5.48. The molecule has 1 aliphatic heterocycles. The van der Waals surface area contributed by atoms with E-state index in [1.807, 2.05) is 36.4 Å². The number of hydrogen-bond acceptors (Lipinski definition) is 3. The van der Waals surface area contributed by atoms with Crippen LogP contribution in [0.2, 0.25) is 0 Å². The van der Waals surface area contributed by atoms with Crippen molar-refractivity contribution in [2.24, 2.45) is 5.92 Å². The number of hydrogen-bond donors (Lipinski definition) is 2. The molecular formula is C19H24N4O2. The predicted octanol–water partition coefficient (Wildman–Crippen LogP) is 2.74. The molecule has 0 aliphatic carbocycles. The Hall–Kier alpha value is -2.63. The van der Waals surface area contributed by atoms with E-state index in [0.717, 1.165) is 30.5 Å². The first-order valence-corrected chi connectivity index (χ1v) is 8.82. The predicted molar refractivity (Wildman–Crippen MR) is 95.8 cm³/mol. The van der Waals surface area contributed by atoms with Gasteiger partial charge in [-0.3, -0.25) is 14.7 Å². The van der Waals surface area contributed by atoms with Gasteiger partial charge in [0.15, 0.2) is 5.82 Å². The first kappa shape index (κ1) is 17.2. The van der Waals surface area contributed by atoms with Crippen LogP contribution in [0.15, 0.2) is 36.4 Å². The molecule has 0 radical (unpaired) electrons. The number of aromatic nitrogens is 2. The number of benzene rings is 1. The van der Waals surface area contributed by atoms with Gasteiger partial charge in [-0.1, -0.05) is 43.7 Å². The highest BCUT2D eigenvalue weighted by molar-refractivity contribution is 5.96. The number of amides is 2. The molecule has 1 saturated heterocycles. The molecule has 0 saturated carbocycles. The largest absolute Gasteiger partial charge is 0.338 e. The summed E-state index contributed by atoms with van der Waals surface area (Å²) in [5.74, 6) is 0.0872. The summed E-state index contributed by atoms with van der Waals surface area (Å²) < 4.78 is 0. The number of H-pyrrole nitrogens is 1. The average molecular weight is 340 g/mol. The van der Waals surface area contributed by atoms with Crippen LogP contribution in [0, 0.1) is 5.92 Å². The Bertz CT molecular complexity index is 726. The maximum absolute atomic E-state index is 12.4. The van der Waals surface area contributed by atoms with Crippen LogP contribution in [-0.4, -0.2) is 33.5 Å². The zero-order valence-electron chi connectivity index (χ0n) is 14.5. The topological polar surface area (TPSA) is 78.1 Å². The summed E-state index contributed by atoms with van der Waals surface area (Å²) in [6.07, 6.45) is 3.38. The van der Waals surface area contributed by atoms with Gasteiger partial charge in [0, 0.05) is 31.3 Å². The highest BCUT2D eigenvalue weighted by Crippen LogP contribution is 2.22. The van der Waals surface area contributed by atoms with E-state index >= 15 is 0 Å². The molecular weight excluding hydrogens is 316 g/mol. The minimum atomic E-state index is -0.327. The molecule has 0 bridgehead atoms.